The van der Waals surface area contributed by atoms with Crippen molar-refractivity contribution in [3.05, 3.63) is 78.1 Å². The number of hydrogen-bond donors (Lipinski definition) is 0. The second kappa shape index (κ2) is 8.96. The summed E-state index contributed by atoms with van der Waals surface area (Å²) in [7, 11) is 0. The molecule has 0 bridgehead atoms. The maximum Gasteiger partial charge on any atom is 0.169 e. The van der Waals surface area contributed by atoms with Crippen LogP contribution in [-0.2, 0) is 6.42 Å². The van der Waals surface area contributed by atoms with E-state index >= 15 is 4.39 Å². The number of rotatable bonds is 8. The molecule has 0 atom stereocenters. The Hall–Kier alpha value is -2.75. The zero-order valence-electron chi connectivity index (χ0n) is 15.9. The Morgan fingerprint density at radius 2 is 1.68 bits per heavy atom. The van der Waals surface area contributed by atoms with Gasteiger partial charge in [-0.1, -0.05) is 56.7 Å². The van der Waals surface area contributed by atoms with Crippen LogP contribution < -0.4 is 4.74 Å². The van der Waals surface area contributed by atoms with E-state index in [0.29, 0.717) is 35.3 Å². The Balaban J connectivity index is 2.00. The van der Waals surface area contributed by atoms with Crippen LogP contribution in [0.1, 0.15) is 31.7 Å². The summed E-state index contributed by atoms with van der Waals surface area (Å²) < 4.78 is 49.7. The van der Waals surface area contributed by atoms with Crippen molar-refractivity contribution < 1.29 is 17.9 Å². The lowest BCUT2D eigenvalue weighted by molar-refractivity contribution is 0.363. The van der Waals surface area contributed by atoms with Gasteiger partial charge in [0.25, 0.3) is 0 Å². The highest BCUT2D eigenvalue weighted by molar-refractivity contribution is 5.89. The van der Waals surface area contributed by atoms with Crippen LogP contribution in [0.5, 0.6) is 5.75 Å². The first kappa shape index (κ1) is 20.0. The van der Waals surface area contributed by atoms with Crippen LogP contribution in [0.4, 0.5) is 13.2 Å². The lowest BCUT2D eigenvalue weighted by Gasteiger charge is -2.12. The molecule has 3 aromatic rings. The zero-order chi connectivity index (χ0) is 20.1. The van der Waals surface area contributed by atoms with E-state index < -0.39 is 17.5 Å². The summed E-state index contributed by atoms with van der Waals surface area (Å²) in [6.07, 6.45) is 4.79. The number of unbranched alkanes of at least 4 members (excludes halogenated alkanes) is 2. The molecule has 0 spiro atoms. The molecule has 0 N–H and O–H groups in total. The van der Waals surface area contributed by atoms with Crippen LogP contribution in [-0.4, -0.2) is 6.61 Å². The van der Waals surface area contributed by atoms with Gasteiger partial charge in [-0.05, 0) is 47.6 Å². The van der Waals surface area contributed by atoms with Crippen LogP contribution >= 0.6 is 0 Å². The van der Waals surface area contributed by atoms with Crippen molar-refractivity contribution in [1.29, 1.82) is 0 Å². The molecule has 0 saturated heterocycles. The van der Waals surface area contributed by atoms with Gasteiger partial charge in [-0.3, -0.25) is 0 Å². The number of halogens is 3. The molecular formula is C24H23F3O. The Morgan fingerprint density at radius 3 is 2.36 bits per heavy atom. The van der Waals surface area contributed by atoms with Crippen molar-refractivity contribution in [3.63, 3.8) is 0 Å². The molecule has 0 aliphatic carbocycles. The molecule has 0 aliphatic rings. The van der Waals surface area contributed by atoms with E-state index in [-0.39, 0.29) is 10.9 Å². The molecule has 1 nitrogen and oxygen atoms in total. The topological polar surface area (TPSA) is 9.23 Å². The van der Waals surface area contributed by atoms with Crippen LogP contribution in [0.3, 0.4) is 0 Å². The SMILES string of the molecule is C=CCOc1ccc(-c2ccc3cc(CCCCC)c(F)c(F)c3c2F)cc1. The summed E-state index contributed by atoms with van der Waals surface area (Å²) in [6.45, 7) is 6.00. The third-order valence-corrected chi connectivity index (χ3v) is 4.78. The van der Waals surface area contributed by atoms with Crippen LogP contribution in [0, 0.1) is 17.5 Å². The van der Waals surface area contributed by atoms with Crippen molar-refractivity contribution in [2.75, 3.05) is 6.61 Å². The van der Waals surface area contributed by atoms with Gasteiger partial charge in [-0.2, -0.15) is 0 Å². The predicted octanol–water partition coefficient (Wildman–Crippen LogP) is 7.22. The summed E-state index contributed by atoms with van der Waals surface area (Å²) >= 11 is 0. The predicted molar refractivity (Wildman–Crippen MR) is 108 cm³/mol. The zero-order valence-corrected chi connectivity index (χ0v) is 15.9. The first-order valence-electron chi connectivity index (χ1n) is 9.50. The molecule has 4 heteroatoms. The van der Waals surface area contributed by atoms with E-state index in [2.05, 4.69) is 6.58 Å². The molecule has 146 valence electrons. The molecule has 0 saturated carbocycles. The average Bonchev–Trinajstić information content (AvgIpc) is 2.71. The molecule has 28 heavy (non-hydrogen) atoms. The quantitative estimate of drug-likeness (QED) is 0.294. The third-order valence-electron chi connectivity index (χ3n) is 4.78. The summed E-state index contributed by atoms with van der Waals surface area (Å²) in [6, 6.07) is 11.6. The monoisotopic (exact) mass is 384 g/mol. The van der Waals surface area contributed by atoms with Crippen LogP contribution in [0.2, 0.25) is 0 Å². The van der Waals surface area contributed by atoms with Gasteiger partial charge in [0.05, 0.1) is 5.39 Å². The summed E-state index contributed by atoms with van der Waals surface area (Å²) in [5, 5.41) is 0.0683. The van der Waals surface area contributed by atoms with Crippen molar-refractivity contribution in [1.82, 2.24) is 0 Å². The van der Waals surface area contributed by atoms with E-state index in [0.717, 1.165) is 19.3 Å². The van der Waals surface area contributed by atoms with Crippen LogP contribution in [0.15, 0.2) is 55.1 Å². The number of fused-ring (bicyclic) bond motifs is 1. The molecule has 3 rings (SSSR count). The molecule has 0 heterocycles. The largest absolute Gasteiger partial charge is 0.490 e. The molecule has 0 amide bonds. The molecule has 0 fully saturated rings. The Morgan fingerprint density at radius 1 is 0.929 bits per heavy atom. The van der Waals surface area contributed by atoms with E-state index in [1.165, 1.54) is 0 Å². The second-order valence-corrected chi connectivity index (χ2v) is 6.77. The summed E-state index contributed by atoms with van der Waals surface area (Å²) in [5.74, 6) is -2.20. The van der Waals surface area contributed by atoms with Crippen molar-refractivity contribution in [2.45, 2.75) is 32.6 Å². The van der Waals surface area contributed by atoms with Gasteiger partial charge in [-0.15, -0.1) is 0 Å². The second-order valence-electron chi connectivity index (χ2n) is 6.77. The number of benzene rings is 3. The highest BCUT2D eigenvalue weighted by atomic mass is 19.2. The smallest absolute Gasteiger partial charge is 0.169 e. The van der Waals surface area contributed by atoms with Gasteiger partial charge in [0.2, 0.25) is 0 Å². The minimum atomic E-state index is -1.12. The van der Waals surface area contributed by atoms with Crippen molar-refractivity contribution in [2.24, 2.45) is 0 Å². The summed E-state index contributed by atoms with van der Waals surface area (Å²) in [5.41, 5.74) is 1.09. The van der Waals surface area contributed by atoms with Crippen LogP contribution in [0.25, 0.3) is 21.9 Å². The fraction of sp³-hybridized carbons (Fsp3) is 0.250. The maximum atomic E-state index is 15.1. The Bertz CT molecular complexity index is 978. The van der Waals surface area contributed by atoms with Gasteiger partial charge in [-0.25, -0.2) is 13.2 Å². The third kappa shape index (κ3) is 4.06. The van der Waals surface area contributed by atoms with Crippen molar-refractivity contribution >= 4 is 10.8 Å². The first-order valence-corrected chi connectivity index (χ1v) is 9.50. The fourth-order valence-electron chi connectivity index (χ4n) is 3.29. The minimum Gasteiger partial charge on any atom is -0.490 e. The summed E-state index contributed by atoms with van der Waals surface area (Å²) in [4.78, 5) is 0. The highest BCUT2D eigenvalue weighted by Crippen LogP contribution is 2.33. The minimum absolute atomic E-state index is 0.222. The number of hydrogen-bond acceptors (Lipinski definition) is 1. The molecule has 0 unspecified atom stereocenters. The van der Waals surface area contributed by atoms with E-state index in [1.54, 1.807) is 48.5 Å². The maximum absolute atomic E-state index is 15.1. The fourth-order valence-corrected chi connectivity index (χ4v) is 3.29. The van der Waals surface area contributed by atoms with Gasteiger partial charge < -0.3 is 4.74 Å². The van der Waals surface area contributed by atoms with Gasteiger partial charge in [0, 0.05) is 5.56 Å². The molecular weight excluding hydrogens is 361 g/mol. The van der Waals surface area contributed by atoms with Crippen molar-refractivity contribution in [3.8, 4) is 16.9 Å². The molecule has 0 aliphatic heterocycles. The van der Waals surface area contributed by atoms with E-state index in [4.69, 9.17) is 4.74 Å². The lowest BCUT2D eigenvalue weighted by atomic mass is 9.96. The number of ether oxygens (including phenoxy) is 1. The Kier molecular flexibility index (Phi) is 6.40. The first-order chi connectivity index (χ1) is 13.6. The van der Waals surface area contributed by atoms with E-state index in [1.807, 2.05) is 6.92 Å². The number of aryl methyl sites for hydroxylation is 1. The van der Waals surface area contributed by atoms with E-state index in [9.17, 15) is 8.78 Å². The standard InChI is InChI=1S/C24H23F3O/c1-3-5-6-7-18-15-17-10-13-20(23(26)21(17)24(27)22(18)25)16-8-11-19(12-9-16)28-14-4-2/h4,8-13,15H,2-3,5-7,14H2,1H3. The highest BCUT2D eigenvalue weighted by Gasteiger charge is 2.19. The average molecular weight is 384 g/mol. The van der Waals surface area contributed by atoms with Gasteiger partial charge in [0.1, 0.15) is 18.2 Å². The Labute approximate surface area is 163 Å². The normalized spacial score (nSPS) is 11.0. The molecule has 3 aromatic carbocycles. The molecule has 0 radical (unpaired) electrons. The molecule has 0 aromatic heterocycles. The lowest BCUT2D eigenvalue weighted by Crippen LogP contribution is -1.99. The van der Waals surface area contributed by atoms with Gasteiger partial charge >= 0.3 is 0 Å². The van der Waals surface area contributed by atoms with Gasteiger partial charge in [0.15, 0.2) is 11.6 Å².